The number of carboxylic acids is 1. The number of pyridine rings is 1. The van der Waals surface area contributed by atoms with E-state index in [4.69, 9.17) is 17.3 Å². The van der Waals surface area contributed by atoms with E-state index in [-0.39, 0.29) is 33.8 Å². The summed E-state index contributed by atoms with van der Waals surface area (Å²) in [5.74, 6) is -0.755. The molecule has 7 nitrogen and oxygen atoms in total. The van der Waals surface area contributed by atoms with Gasteiger partial charge in [0.25, 0.3) is 0 Å². The molecule has 2 aromatic rings. The topological polar surface area (TPSA) is 109 Å². The first-order valence-electron chi connectivity index (χ1n) is 9.54. The molecule has 3 atom stereocenters. The van der Waals surface area contributed by atoms with Crippen molar-refractivity contribution in [2.24, 2.45) is 17.6 Å². The standard InChI is InChI=1S/C20H24ClN3O4/c1-9-6-23(8-14(22)10(9)2)18-15(25)5-12-17(16(18)21)24(11-3-4-11)7-13(19(12)26)20(27)28/h5,7,9-11,14,25H,3-4,6,8,22H2,1-2H3,(H,27,28)/t9?,10?,14-/m1/s1. The van der Waals surface area contributed by atoms with Gasteiger partial charge < -0.3 is 25.4 Å². The second-order valence-corrected chi connectivity index (χ2v) is 8.55. The molecule has 0 radical (unpaired) electrons. The molecule has 2 heterocycles. The van der Waals surface area contributed by atoms with E-state index >= 15 is 0 Å². The fraction of sp³-hybridized carbons (Fsp3) is 0.500. The van der Waals surface area contributed by atoms with E-state index in [9.17, 15) is 19.8 Å². The molecule has 8 heteroatoms. The largest absolute Gasteiger partial charge is 0.506 e. The van der Waals surface area contributed by atoms with Crippen LogP contribution in [-0.4, -0.2) is 39.9 Å². The number of nitrogens with two attached hydrogens (primary N) is 1. The van der Waals surface area contributed by atoms with Crippen molar-refractivity contribution < 1.29 is 15.0 Å². The molecule has 1 saturated heterocycles. The van der Waals surface area contributed by atoms with E-state index in [1.807, 2.05) is 4.90 Å². The molecule has 1 aliphatic heterocycles. The van der Waals surface area contributed by atoms with Gasteiger partial charge in [0.2, 0.25) is 5.43 Å². The van der Waals surface area contributed by atoms with Gasteiger partial charge in [-0.2, -0.15) is 0 Å². The highest BCUT2D eigenvalue weighted by atomic mass is 35.5. The van der Waals surface area contributed by atoms with Gasteiger partial charge in [-0.1, -0.05) is 25.4 Å². The Hall–Kier alpha value is -2.25. The minimum atomic E-state index is -1.29. The van der Waals surface area contributed by atoms with Gasteiger partial charge in [0.1, 0.15) is 17.0 Å². The molecule has 28 heavy (non-hydrogen) atoms. The van der Waals surface area contributed by atoms with Gasteiger partial charge >= 0.3 is 5.97 Å². The number of nitrogens with zero attached hydrogens (tertiary/aromatic N) is 2. The van der Waals surface area contributed by atoms with Crippen molar-refractivity contribution in [1.29, 1.82) is 0 Å². The zero-order chi connectivity index (χ0) is 20.3. The Morgan fingerprint density at radius 2 is 1.96 bits per heavy atom. The third-order valence-electron chi connectivity index (χ3n) is 6.21. The van der Waals surface area contributed by atoms with Crippen LogP contribution in [0, 0.1) is 11.8 Å². The van der Waals surface area contributed by atoms with Crippen molar-refractivity contribution >= 4 is 34.2 Å². The zero-order valence-electron chi connectivity index (χ0n) is 15.9. The predicted octanol–water partition coefficient (Wildman–Crippen LogP) is 2.81. The summed E-state index contributed by atoms with van der Waals surface area (Å²) >= 11 is 6.74. The molecule has 150 valence electrons. The molecule has 0 spiro atoms. The lowest BCUT2D eigenvalue weighted by molar-refractivity contribution is 0.0695. The maximum atomic E-state index is 12.7. The first-order valence-corrected chi connectivity index (χ1v) is 9.92. The van der Waals surface area contributed by atoms with Gasteiger partial charge in [0, 0.05) is 31.4 Å². The third kappa shape index (κ3) is 2.93. The molecule has 1 saturated carbocycles. The van der Waals surface area contributed by atoms with Crippen molar-refractivity contribution in [2.75, 3.05) is 18.0 Å². The Morgan fingerprint density at radius 3 is 2.54 bits per heavy atom. The highest BCUT2D eigenvalue weighted by Crippen LogP contribution is 2.45. The first kappa shape index (κ1) is 19.1. The highest BCUT2D eigenvalue weighted by Gasteiger charge is 2.34. The summed E-state index contributed by atoms with van der Waals surface area (Å²) in [7, 11) is 0. The SMILES string of the molecule is CC1CN(c2c(O)cc3c(=O)c(C(=O)O)cn(C4CC4)c3c2Cl)C[C@@H](N)C1C. The number of anilines is 1. The second kappa shape index (κ2) is 6.67. The van der Waals surface area contributed by atoms with Gasteiger partial charge in [-0.3, -0.25) is 4.79 Å². The molecule has 2 fully saturated rings. The number of hydrogen-bond donors (Lipinski definition) is 3. The molecule has 0 amide bonds. The van der Waals surface area contributed by atoms with Gasteiger partial charge in [-0.05, 0) is 30.7 Å². The number of phenolic OH excluding ortho intramolecular Hbond substituents is 1. The van der Waals surface area contributed by atoms with Crippen LogP contribution >= 0.6 is 11.6 Å². The number of carbonyl (C=O) groups is 1. The van der Waals surface area contributed by atoms with Crippen LogP contribution in [0.2, 0.25) is 5.02 Å². The van der Waals surface area contributed by atoms with Gasteiger partial charge in [0.05, 0.1) is 15.9 Å². The lowest BCUT2D eigenvalue weighted by Crippen LogP contribution is -2.51. The van der Waals surface area contributed by atoms with Crippen LogP contribution < -0.4 is 16.1 Å². The molecule has 2 unspecified atom stereocenters. The number of piperidine rings is 1. The van der Waals surface area contributed by atoms with E-state index in [2.05, 4.69) is 13.8 Å². The summed E-state index contributed by atoms with van der Waals surface area (Å²) in [4.78, 5) is 26.2. The highest BCUT2D eigenvalue weighted by molar-refractivity contribution is 6.38. The number of rotatable bonds is 3. The number of carboxylic acid groups (broad SMARTS) is 1. The number of aromatic hydroxyl groups is 1. The Labute approximate surface area is 167 Å². The van der Waals surface area contributed by atoms with Crippen molar-refractivity contribution in [3.8, 4) is 5.75 Å². The number of hydrogen-bond acceptors (Lipinski definition) is 5. The average Bonchev–Trinajstić information content (AvgIpc) is 3.45. The molecule has 4 rings (SSSR count). The molecular formula is C20H24ClN3O4. The average molecular weight is 406 g/mol. The van der Waals surface area contributed by atoms with Gasteiger partial charge in [0.15, 0.2) is 0 Å². The van der Waals surface area contributed by atoms with E-state index in [1.165, 1.54) is 12.3 Å². The van der Waals surface area contributed by atoms with Crippen LogP contribution in [0.4, 0.5) is 5.69 Å². The van der Waals surface area contributed by atoms with Crippen LogP contribution in [-0.2, 0) is 0 Å². The minimum Gasteiger partial charge on any atom is -0.506 e. The Kier molecular flexibility index (Phi) is 4.55. The number of fused-ring (bicyclic) bond motifs is 1. The molecule has 1 aliphatic carbocycles. The Balaban J connectivity index is 1.95. The van der Waals surface area contributed by atoms with Crippen molar-refractivity contribution in [1.82, 2.24) is 4.57 Å². The van der Waals surface area contributed by atoms with Crippen LogP contribution in [0.3, 0.4) is 0 Å². The van der Waals surface area contributed by atoms with Crippen molar-refractivity contribution in [3.63, 3.8) is 0 Å². The monoisotopic (exact) mass is 405 g/mol. The van der Waals surface area contributed by atoms with Gasteiger partial charge in [-0.25, -0.2) is 4.79 Å². The second-order valence-electron chi connectivity index (χ2n) is 8.18. The maximum absolute atomic E-state index is 12.7. The Bertz CT molecular complexity index is 1020. The lowest BCUT2D eigenvalue weighted by atomic mass is 9.85. The minimum absolute atomic E-state index is 0.0603. The van der Waals surface area contributed by atoms with Crippen molar-refractivity contribution in [2.45, 2.75) is 38.8 Å². The van der Waals surface area contributed by atoms with Gasteiger partial charge in [-0.15, -0.1) is 0 Å². The summed E-state index contributed by atoms with van der Waals surface area (Å²) in [5.41, 5.74) is 6.27. The van der Waals surface area contributed by atoms with Crippen LogP contribution in [0.5, 0.6) is 5.75 Å². The van der Waals surface area contributed by atoms with E-state index < -0.39 is 11.4 Å². The Morgan fingerprint density at radius 1 is 1.29 bits per heavy atom. The summed E-state index contributed by atoms with van der Waals surface area (Å²) < 4.78 is 1.78. The van der Waals surface area contributed by atoms with Crippen LogP contribution in [0.1, 0.15) is 43.1 Å². The normalized spacial score (nSPS) is 25.3. The maximum Gasteiger partial charge on any atom is 0.341 e. The third-order valence-corrected chi connectivity index (χ3v) is 6.57. The molecular weight excluding hydrogens is 382 g/mol. The fourth-order valence-electron chi connectivity index (χ4n) is 4.16. The summed E-state index contributed by atoms with van der Waals surface area (Å²) in [6.07, 6.45) is 3.17. The smallest absolute Gasteiger partial charge is 0.341 e. The van der Waals surface area contributed by atoms with E-state index in [0.717, 1.165) is 12.8 Å². The molecule has 1 aromatic carbocycles. The summed E-state index contributed by atoms with van der Waals surface area (Å²) in [6, 6.07) is 1.40. The van der Waals surface area contributed by atoms with E-state index in [0.29, 0.717) is 36.1 Å². The number of halogens is 1. The number of phenols is 1. The molecule has 4 N–H and O–H groups in total. The number of benzene rings is 1. The molecule has 0 bridgehead atoms. The molecule has 1 aromatic heterocycles. The quantitative estimate of drug-likeness (QED) is 0.724. The summed E-state index contributed by atoms with van der Waals surface area (Å²) in [5, 5.41) is 20.5. The van der Waals surface area contributed by atoms with Crippen LogP contribution in [0.25, 0.3) is 10.9 Å². The first-order chi connectivity index (χ1) is 13.2. The predicted molar refractivity (Wildman–Crippen MR) is 109 cm³/mol. The lowest BCUT2D eigenvalue weighted by Gasteiger charge is -2.41. The zero-order valence-corrected chi connectivity index (χ0v) is 16.6. The number of aromatic carboxylic acids is 1. The fourth-order valence-corrected chi connectivity index (χ4v) is 4.57. The summed E-state index contributed by atoms with van der Waals surface area (Å²) in [6.45, 7) is 5.47. The van der Waals surface area contributed by atoms with Crippen molar-refractivity contribution in [3.05, 3.63) is 33.1 Å². The molecule has 2 aliphatic rings. The van der Waals surface area contributed by atoms with Crippen LogP contribution in [0.15, 0.2) is 17.1 Å². The van der Waals surface area contributed by atoms with E-state index in [1.54, 1.807) is 4.57 Å². The number of aromatic nitrogens is 1.